The fourth-order valence-electron chi connectivity index (χ4n) is 4.46. The van der Waals surface area contributed by atoms with E-state index in [9.17, 15) is 5.26 Å². The molecule has 0 unspecified atom stereocenters. The average molecular weight is 454 g/mol. The highest BCUT2D eigenvalue weighted by atomic mass is 32.2. The fourth-order valence-corrected chi connectivity index (χ4v) is 5.55. The van der Waals surface area contributed by atoms with E-state index in [4.69, 9.17) is 11.7 Å². The predicted molar refractivity (Wildman–Crippen MR) is 128 cm³/mol. The molecule has 0 spiro atoms. The van der Waals surface area contributed by atoms with Crippen LogP contribution in [0.4, 0.5) is 5.69 Å². The lowest BCUT2D eigenvalue weighted by molar-refractivity contribution is 0.210. The zero-order valence-corrected chi connectivity index (χ0v) is 19.4. The van der Waals surface area contributed by atoms with E-state index in [1.807, 2.05) is 36.7 Å². The Labute approximate surface area is 197 Å². The van der Waals surface area contributed by atoms with Gasteiger partial charge in [-0.15, -0.1) is 0 Å². The van der Waals surface area contributed by atoms with Gasteiger partial charge in [0.05, 0.1) is 36.1 Å². The van der Waals surface area contributed by atoms with Crippen LogP contribution >= 0.6 is 11.8 Å². The van der Waals surface area contributed by atoms with Crippen LogP contribution in [-0.4, -0.2) is 44.4 Å². The first-order valence-corrected chi connectivity index (χ1v) is 11.7. The molecule has 0 radical (unpaired) electrons. The lowest BCUT2D eigenvalue weighted by atomic mass is 10.0. The molecule has 1 aliphatic rings. The van der Waals surface area contributed by atoms with Gasteiger partial charge in [-0.1, -0.05) is 36.0 Å². The molecule has 4 aromatic rings. The summed E-state index contributed by atoms with van der Waals surface area (Å²) in [6.45, 7) is 11.8. The van der Waals surface area contributed by atoms with E-state index in [2.05, 4.69) is 45.6 Å². The van der Waals surface area contributed by atoms with Gasteiger partial charge in [-0.05, 0) is 46.0 Å². The van der Waals surface area contributed by atoms with Gasteiger partial charge in [0.15, 0.2) is 0 Å². The van der Waals surface area contributed by atoms with E-state index in [1.165, 1.54) is 11.8 Å². The zero-order valence-electron chi connectivity index (χ0n) is 18.6. The van der Waals surface area contributed by atoms with Gasteiger partial charge in [0.2, 0.25) is 5.69 Å². The Bertz CT molecular complexity index is 1410. The molecule has 1 saturated heterocycles. The van der Waals surface area contributed by atoms with Crippen LogP contribution in [0, 0.1) is 24.8 Å². The Hall–Kier alpha value is -3.59. The summed E-state index contributed by atoms with van der Waals surface area (Å²) in [6, 6.07) is 12.3. The van der Waals surface area contributed by atoms with Gasteiger partial charge < -0.3 is 4.90 Å². The van der Waals surface area contributed by atoms with Crippen molar-refractivity contribution < 1.29 is 0 Å². The summed E-state index contributed by atoms with van der Waals surface area (Å²) in [5.41, 5.74) is 5.05. The molecule has 8 heteroatoms. The number of hydrogen-bond acceptors (Lipinski definition) is 5. The fraction of sp³-hybridized carbons (Fsp3) is 0.280. The molecule has 3 aromatic heterocycles. The molecule has 0 atom stereocenters. The third-order valence-corrected chi connectivity index (χ3v) is 7.39. The summed E-state index contributed by atoms with van der Waals surface area (Å²) in [4.78, 5) is 7.77. The average Bonchev–Trinajstić information content (AvgIpc) is 3.43. The minimum absolute atomic E-state index is 0.410. The third kappa shape index (κ3) is 3.89. The smallest absolute Gasteiger partial charge is 0.200 e. The number of nitriles is 1. The summed E-state index contributed by atoms with van der Waals surface area (Å²) in [5, 5.41) is 18.8. The van der Waals surface area contributed by atoms with Crippen LogP contribution in [0.1, 0.15) is 30.1 Å². The topological polar surface area (TPSA) is 66.5 Å². The van der Waals surface area contributed by atoms with E-state index in [-0.39, 0.29) is 0 Å². The van der Waals surface area contributed by atoms with E-state index >= 15 is 0 Å². The van der Waals surface area contributed by atoms with Crippen molar-refractivity contribution in [3.8, 4) is 17.2 Å². The number of fused-ring (bicyclic) bond motifs is 1. The number of pyridine rings is 1. The van der Waals surface area contributed by atoms with Crippen LogP contribution < -0.4 is 0 Å². The Morgan fingerprint density at radius 1 is 1.15 bits per heavy atom. The first kappa shape index (κ1) is 21.3. The van der Waals surface area contributed by atoms with Crippen molar-refractivity contribution in [1.29, 1.82) is 5.26 Å². The molecule has 0 aliphatic carbocycles. The largest absolute Gasteiger partial charge is 0.306 e. The standard InChI is InChI=1S/C25H23N7S/c1-17-21(15-29-32(17)20-8-10-30(3)11-9-20)18-12-24(25-19(13-26)14-28-31(25)16-18)33-23-7-5-4-6-22(23)27-2/h4-7,12,14-16,20H,8-11H2,1,3H3. The summed E-state index contributed by atoms with van der Waals surface area (Å²) < 4.78 is 3.93. The van der Waals surface area contributed by atoms with Gasteiger partial charge in [-0.3, -0.25) is 4.68 Å². The normalized spacial score (nSPS) is 14.9. The highest BCUT2D eigenvalue weighted by Gasteiger charge is 2.22. The number of hydrogen-bond donors (Lipinski definition) is 0. The number of benzene rings is 1. The maximum Gasteiger partial charge on any atom is 0.200 e. The summed E-state index contributed by atoms with van der Waals surface area (Å²) in [5.74, 6) is 0. The third-order valence-electron chi connectivity index (χ3n) is 6.29. The van der Waals surface area contributed by atoms with Gasteiger partial charge in [-0.2, -0.15) is 15.5 Å². The molecule has 5 rings (SSSR count). The number of nitrogens with zero attached hydrogens (tertiary/aromatic N) is 7. The molecular formula is C25H23N7S. The molecule has 0 amide bonds. The van der Waals surface area contributed by atoms with E-state index < -0.39 is 0 Å². The molecule has 33 heavy (non-hydrogen) atoms. The minimum Gasteiger partial charge on any atom is -0.306 e. The van der Waals surface area contributed by atoms with Crippen molar-refractivity contribution in [3.63, 3.8) is 0 Å². The van der Waals surface area contributed by atoms with Gasteiger partial charge >= 0.3 is 0 Å². The van der Waals surface area contributed by atoms with Crippen molar-refractivity contribution in [3.05, 3.63) is 71.6 Å². The molecule has 0 saturated carbocycles. The number of piperidine rings is 1. The quantitative estimate of drug-likeness (QED) is 0.390. The molecule has 1 aliphatic heterocycles. The van der Waals surface area contributed by atoms with Crippen LogP contribution in [0.5, 0.6) is 0 Å². The summed E-state index contributed by atoms with van der Waals surface area (Å²) >= 11 is 1.49. The Morgan fingerprint density at radius 3 is 2.70 bits per heavy atom. The van der Waals surface area contributed by atoms with Gasteiger partial charge in [0.1, 0.15) is 6.07 Å². The SMILES string of the molecule is [C-]#[N+]c1ccccc1Sc1cc(-c2cnn(C3CCN(C)CC3)c2C)cn2ncc(C#N)c12. The van der Waals surface area contributed by atoms with Crippen LogP contribution in [0.15, 0.2) is 58.7 Å². The van der Waals surface area contributed by atoms with E-state index in [0.29, 0.717) is 17.3 Å². The van der Waals surface area contributed by atoms with Crippen molar-refractivity contribution >= 4 is 23.0 Å². The van der Waals surface area contributed by atoms with Crippen molar-refractivity contribution in [2.24, 2.45) is 0 Å². The number of likely N-dealkylation sites (tertiary alicyclic amines) is 1. The molecule has 1 fully saturated rings. The molecule has 164 valence electrons. The molecule has 0 bridgehead atoms. The zero-order chi connectivity index (χ0) is 22.9. The van der Waals surface area contributed by atoms with Gasteiger partial charge in [0.25, 0.3) is 0 Å². The highest BCUT2D eigenvalue weighted by Crippen LogP contribution is 2.40. The van der Waals surface area contributed by atoms with Crippen molar-refractivity contribution in [1.82, 2.24) is 24.3 Å². The Morgan fingerprint density at radius 2 is 1.94 bits per heavy atom. The van der Waals surface area contributed by atoms with Crippen LogP contribution in [0.3, 0.4) is 0 Å². The maximum atomic E-state index is 9.63. The first-order chi connectivity index (χ1) is 16.1. The highest BCUT2D eigenvalue weighted by molar-refractivity contribution is 7.99. The lowest BCUT2D eigenvalue weighted by Gasteiger charge is -2.29. The summed E-state index contributed by atoms with van der Waals surface area (Å²) in [6.07, 6.45) is 7.68. The van der Waals surface area contributed by atoms with Crippen LogP contribution in [0.2, 0.25) is 0 Å². The molecular weight excluding hydrogens is 430 g/mol. The van der Waals surface area contributed by atoms with Crippen LogP contribution in [-0.2, 0) is 0 Å². The molecule has 0 N–H and O–H groups in total. The Balaban J connectivity index is 1.60. The minimum atomic E-state index is 0.410. The summed E-state index contributed by atoms with van der Waals surface area (Å²) in [7, 11) is 2.16. The Kier molecular flexibility index (Phi) is 5.63. The van der Waals surface area contributed by atoms with Crippen molar-refractivity contribution in [2.75, 3.05) is 20.1 Å². The number of rotatable bonds is 4. The maximum absolute atomic E-state index is 9.63. The molecule has 7 nitrogen and oxygen atoms in total. The first-order valence-electron chi connectivity index (χ1n) is 10.9. The van der Waals surface area contributed by atoms with Gasteiger partial charge in [0, 0.05) is 32.8 Å². The number of aromatic nitrogens is 4. The second-order valence-electron chi connectivity index (χ2n) is 8.36. The second-order valence-corrected chi connectivity index (χ2v) is 9.44. The molecule has 1 aromatic carbocycles. The van der Waals surface area contributed by atoms with Gasteiger partial charge in [-0.25, -0.2) is 9.36 Å². The second kappa shape index (κ2) is 8.74. The predicted octanol–water partition coefficient (Wildman–Crippen LogP) is 5.35. The number of para-hydroxylation sites is 1. The van der Waals surface area contributed by atoms with Crippen LogP contribution in [0.25, 0.3) is 21.5 Å². The monoisotopic (exact) mass is 453 g/mol. The molecule has 4 heterocycles. The lowest BCUT2D eigenvalue weighted by Crippen LogP contribution is -2.32. The van der Waals surface area contributed by atoms with Crippen molar-refractivity contribution in [2.45, 2.75) is 35.6 Å². The van der Waals surface area contributed by atoms with E-state index in [1.54, 1.807) is 10.7 Å². The van der Waals surface area contributed by atoms with E-state index in [0.717, 1.165) is 58.1 Å².